The maximum absolute atomic E-state index is 10.7. The smallest absolute Gasteiger partial charge is 0.336 e. The van der Waals surface area contributed by atoms with E-state index in [1.165, 1.54) is 11.8 Å². The summed E-state index contributed by atoms with van der Waals surface area (Å²) in [5, 5.41) is 17.8. The van der Waals surface area contributed by atoms with Crippen molar-refractivity contribution in [2.45, 2.75) is 17.1 Å². The number of aliphatic hydroxyl groups excluding tert-OH is 1. The first kappa shape index (κ1) is 12.5. The highest BCUT2D eigenvalue weighted by Crippen LogP contribution is 2.27. The number of hydrogen-bond acceptors (Lipinski definition) is 3. The van der Waals surface area contributed by atoms with E-state index in [2.05, 4.69) is 15.9 Å². The number of rotatable bonds is 4. The molecule has 0 saturated heterocycles. The van der Waals surface area contributed by atoms with Crippen molar-refractivity contribution < 1.29 is 15.0 Å². The summed E-state index contributed by atoms with van der Waals surface area (Å²) in [6.07, 6.45) is 0. The zero-order chi connectivity index (χ0) is 11.4. The lowest BCUT2D eigenvalue weighted by atomic mass is 10.2. The second kappa shape index (κ2) is 5.53. The summed E-state index contributed by atoms with van der Waals surface area (Å²) >= 11 is 4.71. The third-order valence-electron chi connectivity index (χ3n) is 1.77. The Morgan fingerprint density at radius 3 is 2.73 bits per heavy atom. The number of hydrogen-bond donors (Lipinski definition) is 2. The molecule has 1 aromatic rings. The van der Waals surface area contributed by atoms with Crippen LogP contribution in [0.25, 0.3) is 0 Å². The van der Waals surface area contributed by atoms with Crippen molar-refractivity contribution in [2.75, 3.05) is 6.61 Å². The Hall–Kier alpha value is -0.520. The second-order valence-electron chi connectivity index (χ2n) is 3.06. The Labute approximate surface area is 101 Å². The number of halogens is 1. The molecule has 0 fully saturated rings. The van der Waals surface area contributed by atoms with E-state index in [1.54, 1.807) is 18.2 Å². The van der Waals surface area contributed by atoms with E-state index in [-0.39, 0.29) is 17.4 Å². The van der Waals surface area contributed by atoms with Crippen LogP contribution in [0.15, 0.2) is 27.6 Å². The molecule has 0 saturated carbocycles. The normalized spacial score (nSPS) is 12.5. The van der Waals surface area contributed by atoms with Crippen LogP contribution in [0.4, 0.5) is 0 Å². The van der Waals surface area contributed by atoms with Gasteiger partial charge in [-0.15, -0.1) is 11.8 Å². The van der Waals surface area contributed by atoms with Crippen molar-refractivity contribution in [3.63, 3.8) is 0 Å². The van der Waals surface area contributed by atoms with Crippen LogP contribution in [-0.2, 0) is 0 Å². The molecular weight excluding hydrogens is 280 g/mol. The molecule has 1 atom stereocenters. The van der Waals surface area contributed by atoms with E-state index in [0.717, 1.165) is 4.90 Å². The Kier molecular flexibility index (Phi) is 4.63. The summed E-state index contributed by atoms with van der Waals surface area (Å²) in [5.41, 5.74) is 0.246. The summed E-state index contributed by atoms with van der Waals surface area (Å²) < 4.78 is 0.560. The van der Waals surface area contributed by atoms with Crippen molar-refractivity contribution in [3.05, 3.63) is 28.2 Å². The van der Waals surface area contributed by atoms with Crippen LogP contribution >= 0.6 is 27.7 Å². The first-order valence-corrected chi connectivity index (χ1v) is 6.02. The first-order valence-electron chi connectivity index (χ1n) is 4.35. The van der Waals surface area contributed by atoms with E-state index in [9.17, 15) is 4.79 Å². The lowest BCUT2D eigenvalue weighted by Crippen LogP contribution is -2.02. The van der Waals surface area contributed by atoms with Gasteiger partial charge in [0.1, 0.15) is 0 Å². The first-order chi connectivity index (χ1) is 7.04. The molecule has 0 radical (unpaired) electrons. The van der Waals surface area contributed by atoms with E-state index in [4.69, 9.17) is 10.2 Å². The van der Waals surface area contributed by atoms with Crippen molar-refractivity contribution in [3.8, 4) is 0 Å². The van der Waals surface area contributed by atoms with Crippen LogP contribution in [0.2, 0.25) is 0 Å². The molecule has 0 bridgehead atoms. The Morgan fingerprint density at radius 1 is 1.60 bits per heavy atom. The number of carboxylic acid groups (broad SMARTS) is 1. The van der Waals surface area contributed by atoms with E-state index in [0.29, 0.717) is 4.47 Å². The van der Waals surface area contributed by atoms with Gasteiger partial charge in [-0.05, 0) is 34.1 Å². The van der Waals surface area contributed by atoms with Gasteiger partial charge < -0.3 is 10.2 Å². The van der Waals surface area contributed by atoms with Gasteiger partial charge in [-0.3, -0.25) is 0 Å². The Morgan fingerprint density at radius 2 is 2.27 bits per heavy atom. The summed E-state index contributed by atoms with van der Waals surface area (Å²) in [6, 6.07) is 5.05. The molecule has 0 aromatic heterocycles. The fourth-order valence-electron chi connectivity index (χ4n) is 1.01. The Balaban J connectivity index is 2.87. The summed E-state index contributed by atoms with van der Waals surface area (Å²) in [4.78, 5) is 11.7. The molecule has 0 heterocycles. The van der Waals surface area contributed by atoms with Crippen molar-refractivity contribution in [2.24, 2.45) is 0 Å². The molecular formula is C10H11BrO3S. The predicted molar refractivity (Wildman–Crippen MR) is 63.5 cm³/mol. The number of aromatic carboxylic acids is 1. The molecule has 0 aliphatic carbocycles. The highest BCUT2D eigenvalue weighted by Gasteiger charge is 2.10. The third kappa shape index (κ3) is 3.52. The molecule has 2 N–H and O–H groups in total. The van der Waals surface area contributed by atoms with Gasteiger partial charge in [0.2, 0.25) is 0 Å². The summed E-state index contributed by atoms with van der Waals surface area (Å²) in [7, 11) is 0. The molecule has 0 aliphatic rings. The van der Waals surface area contributed by atoms with Crippen LogP contribution in [0.5, 0.6) is 0 Å². The van der Waals surface area contributed by atoms with Gasteiger partial charge >= 0.3 is 5.97 Å². The molecule has 1 rings (SSSR count). The maximum atomic E-state index is 10.7. The van der Waals surface area contributed by atoms with Crippen molar-refractivity contribution >= 4 is 33.7 Å². The molecule has 1 unspecified atom stereocenters. The van der Waals surface area contributed by atoms with Gasteiger partial charge in [-0.2, -0.15) is 0 Å². The van der Waals surface area contributed by atoms with Crippen molar-refractivity contribution in [1.29, 1.82) is 0 Å². The monoisotopic (exact) mass is 290 g/mol. The van der Waals surface area contributed by atoms with E-state index >= 15 is 0 Å². The Bertz CT molecular complexity index is 368. The van der Waals surface area contributed by atoms with Gasteiger partial charge in [-0.1, -0.05) is 6.92 Å². The maximum Gasteiger partial charge on any atom is 0.336 e. The predicted octanol–water partition coefficient (Wildman–Crippen LogP) is 2.62. The van der Waals surface area contributed by atoms with Crippen LogP contribution in [0, 0.1) is 0 Å². The SMILES string of the molecule is CC(CO)Sc1ccc(C(=O)O)c(Br)c1. The average molecular weight is 291 g/mol. The molecule has 3 nitrogen and oxygen atoms in total. The van der Waals surface area contributed by atoms with Crippen LogP contribution in [-0.4, -0.2) is 28.0 Å². The molecule has 5 heteroatoms. The lowest BCUT2D eigenvalue weighted by Gasteiger charge is -2.08. The zero-order valence-corrected chi connectivity index (χ0v) is 10.5. The number of carbonyl (C=O) groups is 1. The highest BCUT2D eigenvalue weighted by molar-refractivity contribution is 9.10. The number of aliphatic hydroxyl groups is 1. The molecule has 0 aliphatic heterocycles. The quantitative estimate of drug-likeness (QED) is 0.837. The summed E-state index contributed by atoms with van der Waals surface area (Å²) in [5.74, 6) is -0.950. The van der Waals surface area contributed by atoms with Crippen molar-refractivity contribution in [1.82, 2.24) is 0 Å². The molecule has 82 valence electrons. The topological polar surface area (TPSA) is 57.5 Å². The van der Waals surface area contributed by atoms with E-state index < -0.39 is 5.97 Å². The largest absolute Gasteiger partial charge is 0.478 e. The lowest BCUT2D eigenvalue weighted by molar-refractivity contribution is 0.0696. The molecule has 15 heavy (non-hydrogen) atoms. The zero-order valence-electron chi connectivity index (χ0n) is 8.11. The van der Waals surface area contributed by atoms with Gasteiger partial charge in [0.25, 0.3) is 0 Å². The van der Waals surface area contributed by atoms with Crippen LogP contribution < -0.4 is 0 Å². The van der Waals surface area contributed by atoms with E-state index in [1.807, 2.05) is 6.92 Å². The number of carboxylic acids is 1. The third-order valence-corrected chi connectivity index (χ3v) is 3.50. The minimum atomic E-state index is -0.950. The fourth-order valence-corrected chi connectivity index (χ4v) is 2.58. The number of benzene rings is 1. The molecule has 0 amide bonds. The van der Waals surface area contributed by atoms with Gasteiger partial charge in [0, 0.05) is 14.6 Å². The second-order valence-corrected chi connectivity index (χ2v) is 5.42. The van der Waals surface area contributed by atoms with Crippen LogP contribution in [0.3, 0.4) is 0 Å². The number of thioether (sulfide) groups is 1. The standard InChI is InChI=1S/C10H11BrO3S/c1-6(5-12)15-7-2-3-8(10(13)14)9(11)4-7/h2-4,6,12H,5H2,1H3,(H,13,14). The van der Waals surface area contributed by atoms with Crippen LogP contribution in [0.1, 0.15) is 17.3 Å². The summed E-state index contributed by atoms with van der Waals surface area (Å²) in [6.45, 7) is 2.01. The van der Waals surface area contributed by atoms with Gasteiger partial charge in [0.15, 0.2) is 0 Å². The average Bonchev–Trinajstić information content (AvgIpc) is 2.17. The molecule has 1 aromatic carbocycles. The van der Waals surface area contributed by atoms with Gasteiger partial charge in [-0.25, -0.2) is 4.79 Å². The minimum Gasteiger partial charge on any atom is -0.478 e. The fraction of sp³-hybridized carbons (Fsp3) is 0.300. The minimum absolute atomic E-state index is 0.100. The molecule has 0 spiro atoms. The highest BCUT2D eigenvalue weighted by atomic mass is 79.9. The van der Waals surface area contributed by atoms with Gasteiger partial charge in [0.05, 0.1) is 12.2 Å².